The molecule has 1 aromatic heterocycles. The molecule has 82 valence electrons. The quantitative estimate of drug-likeness (QED) is 0.717. The molecule has 2 heterocycles. The Hall–Kier alpha value is -1.32. The van der Waals surface area contributed by atoms with Gasteiger partial charge in [0, 0.05) is 34.4 Å². The van der Waals surface area contributed by atoms with Gasteiger partial charge in [-0.1, -0.05) is 6.85 Å². The molecule has 15 heavy (non-hydrogen) atoms. The average molecular weight is 219 g/mol. The number of rotatable bonds is 3. The molecule has 2 rings (SSSR count). The van der Waals surface area contributed by atoms with Gasteiger partial charge in [0.15, 0.2) is 0 Å². The number of ether oxygens (including phenoxy) is 1. The zero-order valence-electron chi connectivity index (χ0n) is 18.9. The summed E-state index contributed by atoms with van der Waals surface area (Å²) in [6, 6.07) is 0. The molecule has 1 aliphatic heterocycles. The third kappa shape index (κ3) is 1.89. The number of cyclic esters (lactones) is 1. The van der Waals surface area contributed by atoms with Crippen molar-refractivity contribution in [1.29, 1.82) is 0 Å². The first kappa shape index (κ1) is 3.34. The molecule has 0 aromatic carbocycles. The minimum absolute atomic E-state index is 0.231. The van der Waals surface area contributed by atoms with Crippen molar-refractivity contribution in [3.8, 4) is 0 Å². The Morgan fingerprint density at radius 2 is 2.93 bits per heavy atom. The maximum atomic E-state index is 12.2. The summed E-state index contributed by atoms with van der Waals surface area (Å²) < 4.78 is 90.7. The Kier molecular flexibility index (Phi) is 0.899. The van der Waals surface area contributed by atoms with Gasteiger partial charge in [0.05, 0.1) is 22.9 Å². The Morgan fingerprint density at radius 3 is 3.60 bits per heavy atom. The summed E-state index contributed by atoms with van der Waals surface area (Å²) in [6.45, 7) is -6.75. The number of hydrogen-bond donors (Lipinski definition) is 0. The van der Waals surface area contributed by atoms with Gasteiger partial charge in [-0.2, -0.15) is 0 Å². The molecule has 0 radical (unpaired) electrons. The zero-order chi connectivity index (χ0) is 20.5. The van der Waals surface area contributed by atoms with Gasteiger partial charge in [-0.3, -0.25) is 4.79 Å². The van der Waals surface area contributed by atoms with E-state index in [1.807, 2.05) is 0 Å². The Bertz CT molecular complexity index is 758. The fraction of sp³-hybridized carbons (Fsp3) is 0.636. The van der Waals surface area contributed by atoms with E-state index in [0.717, 1.165) is 4.57 Å². The van der Waals surface area contributed by atoms with E-state index < -0.39 is 56.4 Å². The molecule has 2 atom stereocenters. The van der Waals surface area contributed by atoms with Crippen LogP contribution < -0.4 is 0 Å². The van der Waals surface area contributed by atoms with E-state index in [4.69, 9.17) is 15.1 Å². The molecular weight excluding hydrogens is 192 g/mol. The molecule has 0 N–H and O–H groups in total. The molecule has 4 nitrogen and oxygen atoms in total. The number of imidazole rings is 1. The largest absolute Gasteiger partial charge is 0.465 e. The topological polar surface area (TPSA) is 44.1 Å². The Morgan fingerprint density at radius 1 is 2.07 bits per heavy atom. The molecule has 0 spiro atoms. The van der Waals surface area contributed by atoms with Crippen molar-refractivity contribution in [3.63, 3.8) is 0 Å². The predicted octanol–water partition coefficient (Wildman–Crippen LogP) is 1.16. The van der Waals surface area contributed by atoms with Gasteiger partial charge >= 0.3 is 5.97 Å². The fourth-order valence-corrected chi connectivity index (χ4v) is 1.21. The van der Waals surface area contributed by atoms with Crippen molar-refractivity contribution >= 4 is 5.97 Å². The molecule has 0 unspecified atom stereocenters. The van der Waals surface area contributed by atoms with Crippen LogP contribution in [0.1, 0.15) is 34.0 Å². The van der Waals surface area contributed by atoms with Crippen LogP contribution in [-0.2, 0) is 23.0 Å². The number of hydrogen-bond acceptors (Lipinski definition) is 3. The van der Waals surface area contributed by atoms with Crippen LogP contribution in [0, 0.1) is 11.8 Å². The minimum atomic E-state index is -3.63. The molecule has 1 aliphatic rings. The van der Waals surface area contributed by atoms with E-state index in [9.17, 15) is 4.79 Å². The molecule has 0 aliphatic carbocycles. The van der Waals surface area contributed by atoms with E-state index in [0.29, 0.717) is 0 Å². The average Bonchev–Trinajstić information content (AvgIpc) is 2.77. The summed E-state index contributed by atoms with van der Waals surface area (Å²) in [6.07, 6.45) is -5.51. The third-order valence-electron chi connectivity index (χ3n) is 2.03. The van der Waals surface area contributed by atoms with E-state index >= 15 is 0 Å². The van der Waals surface area contributed by atoms with Crippen LogP contribution in [0.4, 0.5) is 0 Å². The lowest BCUT2D eigenvalue weighted by molar-refractivity contribution is -0.141. The molecule has 1 fully saturated rings. The van der Waals surface area contributed by atoms with Crippen molar-refractivity contribution < 1.29 is 24.6 Å². The number of carbonyl (C=O) groups is 1. The van der Waals surface area contributed by atoms with Gasteiger partial charge in [-0.15, -0.1) is 0 Å². The molecular formula is C11H16N2O2. The number of carbonyl (C=O) groups excluding carboxylic acids is 1. The Balaban J connectivity index is 2.73. The number of esters is 1. The van der Waals surface area contributed by atoms with Gasteiger partial charge in [0.2, 0.25) is 0 Å². The normalized spacial score (nSPS) is 51.3. The summed E-state index contributed by atoms with van der Waals surface area (Å²) >= 11 is 0. The lowest BCUT2D eigenvalue weighted by atomic mass is 9.89. The highest BCUT2D eigenvalue weighted by Crippen LogP contribution is 2.27. The third-order valence-corrected chi connectivity index (χ3v) is 2.03. The first-order chi connectivity index (χ1) is 11.4. The zero-order valence-corrected chi connectivity index (χ0v) is 7.92. The summed E-state index contributed by atoms with van der Waals surface area (Å²) in [5.74, 6) is -8.35. The standard InChI is InChI=1S/C11H16N2O2/c1-3-10-8(6-15-11(10)14)4-9-5-12-7-13(9)2/h5,7-8,10H,3-4,6H2,1-2H3/t8-,10-/m0/s1/i1D3,3D2,5D,6D2,7D,8D,10D. The maximum absolute atomic E-state index is 12.2. The molecule has 4 heteroatoms. The predicted molar refractivity (Wildman–Crippen MR) is 55.1 cm³/mol. The van der Waals surface area contributed by atoms with Crippen molar-refractivity contribution in [2.24, 2.45) is 18.8 Å². The van der Waals surface area contributed by atoms with Crippen LogP contribution in [0.25, 0.3) is 0 Å². The van der Waals surface area contributed by atoms with Crippen LogP contribution >= 0.6 is 0 Å². The Labute approximate surface area is 105 Å². The maximum Gasteiger partial charge on any atom is 0.309 e. The summed E-state index contributed by atoms with van der Waals surface area (Å²) in [7, 11) is 1.28. The van der Waals surface area contributed by atoms with Crippen LogP contribution in [-0.4, -0.2) is 22.1 Å². The fourth-order valence-electron chi connectivity index (χ4n) is 1.21. The van der Waals surface area contributed by atoms with Crippen molar-refractivity contribution in [2.75, 3.05) is 6.56 Å². The highest BCUT2D eigenvalue weighted by Gasteiger charge is 2.35. The molecule has 0 saturated carbocycles. The summed E-state index contributed by atoms with van der Waals surface area (Å²) in [4.78, 5) is 15.7. The van der Waals surface area contributed by atoms with Crippen LogP contribution in [0.2, 0.25) is 0 Å². The molecule has 0 bridgehead atoms. The first-order valence-electron chi connectivity index (χ1n) is 9.66. The van der Waals surface area contributed by atoms with E-state index in [1.165, 1.54) is 7.05 Å². The number of nitrogens with zero attached hydrogens (tertiary/aromatic N) is 2. The SMILES string of the molecule is [2H]c1nc([2H])n(C)c1C[C@@]1([2H])C([2H])([2H])OC(=O)[C@@]1([2H])C([2H])([2H])C([2H])([2H])[2H]. The second-order valence-electron chi connectivity index (χ2n) is 2.98. The highest BCUT2D eigenvalue weighted by molar-refractivity contribution is 5.74. The van der Waals surface area contributed by atoms with Gasteiger partial charge < -0.3 is 9.30 Å². The van der Waals surface area contributed by atoms with E-state index in [2.05, 4.69) is 9.72 Å². The summed E-state index contributed by atoms with van der Waals surface area (Å²) in [5, 5.41) is 0. The lowest BCUT2D eigenvalue weighted by Crippen LogP contribution is -2.18. The monoisotopic (exact) mass is 219 g/mol. The molecule has 1 aromatic rings. The van der Waals surface area contributed by atoms with Crippen molar-refractivity contribution in [2.45, 2.75) is 19.6 Å². The van der Waals surface area contributed by atoms with Gasteiger partial charge in [-0.05, 0) is 12.8 Å². The lowest BCUT2D eigenvalue weighted by Gasteiger charge is -2.12. The van der Waals surface area contributed by atoms with Gasteiger partial charge in [-0.25, -0.2) is 4.98 Å². The first-order valence-corrected chi connectivity index (χ1v) is 4.16. The summed E-state index contributed by atoms with van der Waals surface area (Å²) in [5.41, 5.74) is -0.231. The smallest absolute Gasteiger partial charge is 0.309 e. The van der Waals surface area contributed by atoms with Crippen LogP contribution in [0.3, 0.4) is 0 Å². The van der Waals surface area contributed by atoms with E-state index in [1.54, 1.807) is 0 Å². The van der Waals surface area contributed by atoms with Crippen molar-refractivity contribution in [3.05, 3.63) is 18.2 Å². The number of aromatic nitrogens is 2. The van der Waals surface area contributed by atoms with Crippen LogP contribution in [0.15, 0.2) is 12.5 Å². The second-order valence-corrected chi connectivity index (χ2v) is 2.98. The van der Waals surface area contributed by atoms with Crippen LogP contribution in [0.5, 0.6) is 0 Å². The van der Waals surface area contributed by atoms with Gasteiger partial charge in [0.25, 0.3) is 0 Å². The second kappa shape index (κ2) is 4.04. The van der Waals surface area contributed by atoms with Crippen molar-refractivity contribution in [1.82, 2.24) is 9.55 Å². The molecule has 1 saturated heterocycles. The molecule has 0 amide bonds. The van der Waals surface area contributed by atoms with Gasteiger partial charge in [0.1, 0.15) is 1.37 Å². The van der Waals surface area contributed by atoms with E-state index in [-0.39, 0.29) is 5.69 Å². The highest BCUT2D eigenvalue weighted by atomic mass is 16.5. The minimum Gasteiger partial charge on any atom is -0.465 e.